The summed E-state index contributed by atoms with van der Waals surface area (Å²) >= 11 is 0. The molecule has 3 aliphatic rings. The Balaban J connectivity index is 1.50. The highest BCUT2D eigenvalue weighted by atomic mass is 19.1. The second-order valence-electron chi connectivity index (χ2n) is 8.45. The maximum absolute atomic E-state index is 13.5. The molecule has 1 amide bonds. The summed E-state index contributed by atoms with van der Waals surface area (Å²) in [6.45, 7) is 4.45. The van der Waals surface area contributed by atoms with Crippen molar-refractivity contribution < 1.29 is 14.3 Å². The lowest BCUT2D eigenvalue weighted by molar-refractivity contribution is -0.139. The third-order valence-electron chi connectivity index (χ3n) is 6.73. The highest BCUT2D eigenvalue weighted by Crippen LogP contribution is 2.43. The number of aliphatic hydroxyl groups is 1. The van der Waals surface area contributed by atoms with Crippen LogP contribution in [0, 0.1) is 18.2 Å². The van der Waals surface area contributed by atoms with Crippen LogP contribution in [-0.2, 0) is 4.79 Å². The summed E-state index contributed by atoms with van der Waals surface area (Å²) in [5.41, 5.74) is 1.71. The van der Waals surface area contributed by atoms with E-state index >= 15 is 0 Å². The van der Waals surface area contributed by atoms with Crippen molar-refractivity contribution in [3.05, 3.63) is 29.6 Å². The lowest BCUT2D eigenvalue weighted by Gasteiger charge is -2.42. The van der Waals surface area contributed by atoms with E-state index in [1.165, 1.54) is 6.07 Å². The predicted molar refractivity (Wildman–Crippen MR) is 99.6 cm³/mol. The smallest absolute Gasteiger partial charge is 0.230 e. The van der Waals surface area contributed by atoms with Crippen LogP contribution in [-0.4, -0.2) is 47.7 Å². The van der Waals surface area contributed by atoms with Crippen LogP contribution in [0.4, 0.5) is 10.1 Å². The van der Waals surface area contributed by atoms with E-state index in [1.807, 2.05) is 13.0 Å². The van der Waals surface area contributed by atoms with E-state index in [-0.39, 0.29) is 17.3 Å². The van der Waals surface area contributed by atoms with Gasteiger partial charge in [-0.15, -0.1) is 0 Å². The summed E-state index contributed by atoms with van der Waals surface area (Å²) in [6.07, 6.45) is 6.14. The van der Waals surface area contributed by atoms with Gasteiger partial charge in [0, 0.05) is 31.4 Å². The molecule has 0 bridgehead atoms. The van der Waals surface area contributed by atoms with Gasteiger partial charge in [0.15, 0.2) is 0 Å². The molecular formula is C21H29FN2O2. The predicted octanol–water partition coefficient (Wildman–Crippen LogP) is 3.26. The normalized spacial score (nSPS) is 32.5. The molecule has 0 radical (unpaired) electrons. The molecule has 1 spiro atoms. The number of carbonyl (C=O) groups is 1. The van der Waals surface area contributed by atoms with Gasteiger partial charge in [-0.05, 0) is 75.6 Å². The SMILES string of the molecule is Cc1cc(F)ccc1N1CCC[C@@]2(CCN(C3CCC(O)CC3)C2=O)C1. The van der Waals surface area contributed by atoms with Gasteiger partial charge in [0.25, 0.3) is 0 Å². The number of anilines is 1. The van der Waals surface area contributed by atoms with E-state index in [0.717, 1.165) is 75.8 Å². The van der Waals surface area contributed by atoms with Crippen LogP contribution in [0.2, 0.25) is 0 Å². The molecule has 2 aliphatic heterocycles. The maximum Gasteiger partial charge on any atom is 0.230 e. The van der Waals surface area contributed by atoms with Crippen molar-refractivity contribution in [2.45, 2.75) is 64.0 Å². The summed E-state index contributed by atoms with van der Waals surface area (Å²) in [4.78, 5) is 17.7. The van der Waals surface area contributed by atoms with Crippen LogP contribution in [0.25, 0.3) is 0 Å². The van der Waals surface area contributed by atoms with E-state index in [1.54, 1.807) is 6.07 Å². The Morgan fingerprint density at radius 3 is 2.65 bits per heavy atom. The number of piperidine rings is 1. The summed E-state index contributed by atoms with van der Waals surface area (Å²) in [7, 11) is 0. The molecule has 0 unspecified atom stereocenters. The Labute approximate surface area is 155 Å². The van der Waals surface area contributed by atoms with Crippen molar-refractivity contribution in [2.75, 3.05) is 24.5 Å². The standard InChI is InChI=1S/C21H29FN2O2/c1-15-13-16(22)3-8-19(15)23-11-2-9-21(14-23)10-12-24(20(21)26)17-4-6-18(25)7-5-17/h3,8,13,17-18,25H,2,4-7,9-12,14H2,1H3/t17?,18?,21-/m1/s1. The van der Waals surface area contributed by atoms with Crippen LogP contribution >= 0.6 is 0 Å². The second kappa shape index (κ2) is 6.84. The Morgan fingerprint density at radius 2 is 1.92 bits per heavy atom. The summed E-state index contributed by atoms with van der Waals surface area (Å²) in [5, 5.41) is 9.75. The maximum atomic E-state index is 13.5. The molecule has 2 saturated heterocycles. The van der Waals surface area contributed by atoms with Crippen molar-refractivity contribution in [2.24, 2.45) is 5.41 Å². The van der Waals surface area contributed by atoms with Gasteiger partial charge >= 0.3 is 0 Å². The molecule has 1 atom stereocenters. The molecule has 142 valence electrons. The average Bonchev–Trinajstić information content (AvgIpc) is 2.92. The number of rotatable bonds is 2. The van der Waals surface area contributed by atoms with E-state index < -0.39 is 0 Å². The zero-order valence-corrected chi connectivity index (χ0v) is 15.6. The molecule has 4 rings (SSSR count). The van der Waals surface area contributed by atoms with Crippen LogP contribution in [0.3, 0.4) is 0 Å². The average molecular weight is 360 g/mol. The molecule has 1 aliphatic carbocycles. The topological polar surface area (TPSA) is 43.8 Å². The Kier molecular flexibility index (Phi) is 4.68. The van der Waals surface area contributed by atoms with Crippen molar-refractivity contribution in [1.82, 2.24) is 4.90 Å². The number of aliphatic hydroxyl groups excluding tert-OH is 1. The number of aryl methyl sites for hydroxylation is 1. The summed E-state index contributed by atoms with van der Waals surface area (Å²) < 4.78 is 13.5. The lowest BCUT2D eigenvalue weighted by Crippen LogP contribution is -2.50. The molecule has 4 nitrogen and oxygen atoms in total. The van der Waals surface area contributed by atoms with Gasteiger partial charge in [0.05, 0.1) is 11.5 Å². The van der Waals surface area contributed by atoms with Crippen molar-refractivity contribution >= 4 is 11.6 Å². The van der Waals surface area contributed by atoms with E-state index in [0.29, 0.717) is 11.9 Å². The van der Waals surface area contributed by atoms with Gasteiger partial charge in [-0.2, -0.15) is 0 Å². The first-order valence-corrected chi connectivity index (χ1v) is 9.99. The van der Waals surface area contributed by atoms with E-state index in [9.17, 15) is 14.3 Å². The lowest BCUT2D eigenvalue weighted by atomic mass is 9.78. The minimum absolute atomic E-state index is 0.190. The van der Waals surface area contributed by atoms with Gasteiger partial charge in [-0.25, -0.2) is 4.39 Å². The number of halogens is 1. The minimum Gasteiger partial charge on any atom is -0.393 e. The highest BCUT2D eigenvalue weighted by Gasteiger charge is 2.50. The van der Waals surface area contributed by atoms with Crippen molar-refractivity contribution in [1.29, 1.82) is 0 Å². The third kappa shape index (κ3) is 3.11. The fraction of sp³-hybridized carbons (Fsp3) is 0.667. The zero-order valence-electron chi connectivity index (χ0n) is 15.6. The summed E-state index contributed by atoms with van der Waals surface area (Å²) in [5.74, 6) is 0.101. The largest absolute Gasteiger partial charge is 0.393 e. The van der Waals surface area contributed by atoms with E-state index in [4.69, 9.17) is 0 Å². The molecule has 1 aromatic rings. The number of nitrogens with zero attached hydrogens (tertiary/aromatic N) is 2. The molecule has 3 fully saturated rings. The molecule has 1 aromatic carbocycles. The van der Waals surface area contributed by atoms with Crippen LogP contribution < -0.4 is 4.90 Å². The monoisotopic (exact) mass is 360 g/mol. The zero-order chi connectivity index (χ0) is 18.3. The Hall–Kier alpha value is -1.62. The number of hydrogen-bond acceptors (Lipinski definition) is 3. The quantitative estimate of drug-likeness (QED) is 0.880. The number of benzene rings is 1. The van der Waals surface area contributed by atoms with Crippen LogP contribution in [0.1, 0.15) is 50.5 Å². The fourth-order valence-corrected chi connectivity index (χ4v) is 5.26. The van der Waals surface area contributed by atoms with Crippen molar-refractivity contribution in [3.63, 3.8) is 0 Å². The van der Waals surface area contributed by atoms with Crippen LogP contribution in [0.5, 0.6) is 0 Å². The molecule has 5 heteroatoms. The first-order valence-electron chi connectivity index (χ1n) is 9.99. The van der Waals surface area contributed by atoms with Gasteiger partial charge in [-0.1, -0.05) is 0 Å². The highest BCUT2D eigenvalue weighted by molar-refractivity contribution is 5.86. The number of carbonyl (C=O) groups excluding carboxylic acids is 1. The number of amides is 1. The first-order chi connectivity index (χ1) is 12.5. The second-order valence-corrected chi connectivity index (χ2v) is 8.45. The minimum atomic E-state index is -0.283. The number of likely N-dealkylation sites (tertiary alicyclic amines) is 1. The van der Waals surface area contributed by atoms with Gasteiger partial charge in [-0.3, -0.25) is 4.79 Å². The van der Waals surface area contributed by atoms with E-state index in [2.05, 4.69) is 9.80 Å². The third-order valence-corrected chi connectivity index (χ3v) is 6.73. The molecule has 0 aromatic heterocycles. The molecular weight excluding hydrogens is 331 g/mol. The fourth-order valence-electron chi connectivity index (χ4n) is 5.26. The molecule has 1 saturated carbocycles. The molecule has 2 heterocycles. The van der Waals surface area contributed by atoms with Gasteiger partial charge in [0.2, 0.25) is 5.91 Å². The summed E-state index contributed by atoms with van der Waals surface area (Å²) in [6, 6.07) is 5.24. The Morgan fingerprint density at radius 1 is 1.15 bits per heavy atom. The number of hydrogen-bond donors (Lipinski definition) is 1. The first kappa shape index (κ1) is 17.8. The Bertz CT molecular complexity index is 687. The van der Waals surface area contributed by atoms with Gasteiger partial charge < -0.3 is 14.9 Å². The van der Waals surface area contributed by atoms with Crippen molar-refractivity contribution in [3.8, 4) is 0 Å². The molecule has 26 heavy (non-hydrogen) atoms. The molecule has 1 N–H and O–H groups in total. The van der Waals surface area contributed by atoms with Crippen LogP contribution in [0.15, 0.2) is 18.2 Å². The van der Waals surface area contributed by atoms with Gasteiger partial charge in [0.1, 0.15) is 5.82 Å².